The number of methoxy groups -OCH3 is 2. The molecule has 0 amide bonds. The van der Waals surface area contributed by atoms with E-state index in [9.17, 15) is 18.3 Å². The summed E-state index contributed by atoms with van der Waals surface area (Å²) in [5.74, 6) is 1.59. The number of ether oxygens (including phenoxy) is 3. The van der Waals surface area contributed by atoms with Crippen molar-refractivity contribution in [3.63, 3.8) is 0 Å². The molecule has 0 bridgehead atoms. The molecular weight excluding hydrogens is 461 g/mol. The topological polar surface area (TPSA) is 64.1 Å². The zero-order valence-electron chi connectivity index (χ0n) is 19.8. The fourth-order valence-corrected chi connectivity index (χ4v) is 4.23. The molecule has 2 aromatic carbocycles. The molecule has 2 heterocycles. The zero-order chi connectivity index (χ0) is 25.0. The van der Waals surface area contributed by atoms with E-state index in [1.54, 1.807) is 25.3 Å². The largest absolute Gasteiger partial charge is 0.493 e. The Hall–Kier alpha value is -3.04. The number of alkyl halides is 3. The maximum Gasteiger partial charge on any atom is 0.416 e. The van der Waals surface area contributed by atoms with Crippen LogP contribution in [-0.4, -0.2) is 61.6 Å². The van der Waals surface area contributed by atoms with Crippen LogP contribution in [0.1, 0.15) is 24.8 Å². The van der Waals surface area contributed by atoms with Crippen molar-refractivity contribution in [2.75, 3.05) is 40.5 Å². The lowest BCUT2D eigenvalue weighted by molar-refractivity contribution is -0.137. The van der Waals surface area contributed by atoms with Gasteiger partial charge in [-0.25, -0.2) is 4.98 Å². The van der Waals surface area contributed by atoms with E-state index in [4.69, 9.17) is 14.2 Å². The Morgan fingerprint density at radius 2 is 1.63 bits per heavy atom. The van der Waals surface area contributed by atoms with Crippen molar-refractivity contribution in [2.45, 2.75) is 31.5 Å². The molecule has 35 heavy (non-hydrogen) atoms. The van der Waals surface area contributed by atoms with Gasteiger partial charge in [0.15, 0.2) is 11.5 Å². The second-order valence-electron chi connectivity index (χ2n) is 8.58. The maximum absolute atomic E-state index is 13.0. The van der Waals surface area contributed by atoms with Crippen molar-refractivity contribution in [1.82, 2.24) is 9.88 Å². The first-order chi connectivity index (χ1) is 16.8. The first-order valence-electron chi connectivity index (χ1n) is 11.6. The minimum absolute atomic E-state index is 0.207. The van der Waals surface area contributed by atoms with Crippen molar-refractivity contribution in [3.8, 4) is 28.5 Å². The molecule has 0 spiro atoms. The smallest absolute Gasteiger partial charge is 0.416 e. The van der Waals surface area contributed by atoms with E-state index < -0.39 is 11.7 Å². The molecule has 1 aliphatic rings. The number of benzene rings is 2. The van der Waals surface area contributed by atoms with Gasteiger partial charge in [0.2, 0.25) is 0 Å². The number of rotatable bonds is 8. The summed E-state index contributed by atoms with van der Waals surface area (Å²) in [6.45, 7) is 3.06. The van der Waals surface area contributed by atoms with Crippen LogP contribution in [-0.2, 0) is 6.18 Å². The van der Waals surface area contributed by atoms with Gasteiger partial charge in [-0.3, -0.25) is 0 Å². The third-order valence-electron chi connectivity index (χ3n) is 6.22. The second kappa shape index (κ2) is 10.7. The van der Waals surface area contributed by atoms with Gasteiger partial charge in [-0.05, 0) is 37.5 Å². The van der Waals surface area contributed by atoms with Crippen molar-refractivity contribution < 1.29 is 32.5 Å². The average molecular weight is 491 g/mol. The number of hydrogen-bond acceptors (Lipinski definition) is 6. The number of nitrogens with zero attached hydrogens (tertiary/aromatic N) is 2. The van der Waals surface area contributed by atoms with Gasteiger partial charge in [0.1, 0.15) is 5.75 Å². The van der Waals surface area contributed by atoms with E-state index in [-0.39, 0.29) is 6.10 Å². The van der Waals surface area contributed by atoms with Gasteiger partial charge in [-0.1, -0.05) is 12.1 Å². The molecule has 6 nitrogen and oxygen atoms in total. The number of aliphatic hydroxyl groups excluding tert-OH is 1. The predicted molar refractivity (Wildman–Crippen MR) is 127 cm³/mol. The monoisotopic (exact) mass is 490 g/mol. The van der Waals surface area contributed by atoms with Gasteiger partial charge < -0.3 is 24.2 Å². The highest BCUT2D eigenvalue weighted by atomic mass is 19.4. The molecule has 1 aliphatic heterocycles. The number of fused-ring (bicyclic) bond motifs is 1. The highest BCUT2D eigenvalue weighted by Gasteiger charge is 2.30. The Kier molecular flexibility index (Phi) is 7.66. The summed E-state index contributed by atoms with van der Waals surface area (Å²) < 4.78 is 56.0. The van der Waals surface area contributed by atoms with Crippen LogP contribution in [0.15, 0.2) is 42.5 Å². The number of halogens is 3. The molecule has 0 saturated carbocycles. The van der Waals surface area contributed by atoms with E-state index in [0.717, 1.165) is 56.4 Å². The third kappa shape index (κ3) is 5.97. The van der Waals surface area contributed by atoms with E-state index >= 15 is 0 Å². The van der Waals surface area contributed by atoms with Crippen molar-refractivity contribution in [2.24, 2.45) is 0 Å². The standard InChI is InChI=1S/C26H29F3N2O4/c1-33-24-14-20-22(16-25(24)34-2)30-21(17-4-6-18(7-5-17)26(27,28)29)15-23(20)35-13-3-10-31-11-8-19(32)9-12-31/h4-7,14-16,19,32H,3,8-13H2,1-2H3. The van der Waals surface area contributed by atoms with Crippen LogP contribution in [0.2, 0.25) is 0 Å². The molecule has 0 atom stereocenters. The molecule has 1 fully saturated rings. The molecule has 1 saturated heterocycles. The number of hydrogen-bond donors (Lipinski definition) is 1. The molecule has 0 radical (unpaired) electrons. The fraction of sp³-hybridized carbons (Fsp3) is 0.423. The lowest BCUT2D eigenvalue weighted by Gasteiger charge is -2.29. The fourth-order valence-electron chi connectivity index (χ4n) is 4.23. The average Bonchev–Trinajstić information content (AvgIpc) is 2.86. The van der Waals surface area contributed by atoms with E-state index in [1.165, 1.54) is 19.2 Å². The number of aromatic nitrogens is 1. The summed E-state index contributed by atoms with van der Waals surface area (Å²) in [4.78, 5) is 6.97. The molecule has 9 heteroatoms. The number of pyridine rings is 1. The number of likely N-dealkylation sites (tertiary alicyclic amines) is 1. The summed E-state index contributed by atoms with van der Waals surface area (Å²) in [5.41, 5.74) is 0.917. The molecule has 1 aromatic heterocycles. The lowest BCUT2D eigenvalue weighted by atomic mass is 10.1. The minimum atomic E-state index is -4.40. The van der Waals surface area contributed by atoms with Gasteiger partial charge in [0.25, 0.3) is 0 Å². The Morgan fingerprint density at radius 1 is 0.971 bits per heavy atom. The van der Waals surface area contributed by atoms with Crippen LogP contribution < -0.4 is 14.2 Å². The Morgan fingerprint density at radius 3 is 2.26 bits per heavy atom. The summed E-state index contributed by atoms with van der Waals surface area (Å²) >= 11 is 0. The highest BCUT2D eigenvalue weighted by Crippen LogP contribution is 2.38. The number of aliphatic hydroxyl groups is 1. The molecule has 188 valence electrons. The highest BCUT2D eigenvalue weighted by molar-refractivity contribution is 5.90. The predicted octanol–water partition coefficient (Wildman–Crippen LogP) is 5.16. The summed E-state index contributed by atoms with van der Waals surface area (Å²) in [5, 5.41) is 10.4. The van der Waals surface area contributed by atoms with Gasteiger partial charge >= 0.3 is 6.18 Å². The summed E-state index contributed by atoms with van der Waals surface area (Å²) in [6, 6.07) is 10.2. The lowest BCUT2D eigenvalue weighted by Crippen LogP contribution is -2.36. The van der Waals surface area contributed by atoms with E-state index in [1.807, 2.05) is 0 Å². The molecule has 0 aliphatic carbocycles. The summed E-state index contributed by atoms with van der Waals surface area (Å²) in [6.07, 6.45) is -2.24. The van der Waals surface area contributed by atoms with Crippen LogP contribution in [0, 0.1) is 0 Å². The normalized spacial score (nSPS) is 15.4. The van der Waals surface area contributed by atoms with E-state index in [2.05, 4.69) is 9.88 Å². The molecular formula is C26H29F3N2O4. The maximum atomic E-state index is 13.0. The van der Waals surface area contributed by atoms with Gasteiger partial charge in [-0.2, -0.15) is 13.2 Å². The van der Waals surface area contributed by atoms with Crippen molar-refractivity contribution in [3.05, 3.63) is 48.0 Å². The van der Waals surface area contributed by atoms with Crippen LogP contribution in [0.5, 0.6) is 17.2 Å². The van der Waals surface area contributed by atoms with E-state index in [0.29, 0.717) is 40.6 Å². The van der Waals surface area contributed by atoms with Crippen molar-refractivity contribution >= 4 is 10.9 Å². The van der Waals surface area contributed by atoms with Gasteiger partial charge in [-0.15, -0.1) is 0 Å². The SMILES string of the molecule is COc1cc2nc(-c3ccc(C(F)(F)F)cc3)cc(OCCCN3CCC(O)CC3)c2cc1OC. The molecule has 1 N–H and O–H groups in total. The van der Waals surface area contributed by atoms with Crippen LogP contribution in [0.25, 0.3) is 22.2 Å². The second-order valence-corrected chi connectivity index (χ2v) is 8.58. The molecule has 4 rings (SSSR count). The summed E-state index contributed by atoms with van der Waals surface area (Å²) in [7, 11) is 3.07. The van der Waals surface area contributed by atoms with Crippen LogP contribution in [0.4, 0.5) is 13.2 Å². The van der Waals surface area contributed by atoms with Crippen LogP contribution in [0.3, 0.4) is 0 Å². The molecule has 3 aromatic rings. The van der Waals surface area contributed by atoms with Crippen molar-refractivity contribution in [1.29, 1.82) is 0 Å². The van der Waals surface area contributed by atoms with Gasteiger partial charge in [0.05, 0.1) is 43.7 Å². The zero-order valence-corrected chi connectivity index (χ0v) is 19.8. The minimum Gasteiger partial charge on any atom is -0.493 e. The first-order valence-corrected chi connectivity index (χ1v) is 11.6. The van der Waals surface area contributed by atoms with Gasteiger partial charge in [0, 0.05) is 42.7 Å². The first kappa shape index (κ1) is 25.1. The Balaban J connectivity index is 1.60. The van der Waals surface area contributed by atoms with Crippen LogP contribution >= 0.6 is 0 Å². The Bertz CT molecular complexity index is 1140. The number of piperidine rings is 1. The molecule has 0 unspecified atom stereocenters. The Labute approximate surface area is 202 Å². The third-order valence-corrected chi connectivity index (χ3v) is 6.22. The quantitative estimate of drug-likeness (QED) is 0.440.